The van der Waals surface area contributed by atoms with Crippen LogP contribution in [0.3, 0.4) is 0 Å². The average Bonchev–Trinajstić information content (AvgIpc) is 2.57. The van der Waals surface area contributed by atoms with Gasteiger partial charge in [-0.25, -0.2) is 4.39 Å². The van der Waals surface area contributed by atoms with Gasteiger partial charge in [-0.3, -0.25) is 4.79 Å². The molecule has 2 heterocycles. The Morgan fingerprint density at radius 1 is 0.870 bits per heavy atom. The summed E-state index contributed by atoms with van der Waals surface area (Å²) in [7, 11) is 0. The van der Waals surface area contributed by atoms with E-state index in [0.717, 1.165) is 32.8 Å². The van der Waals surface area contributed by atoms with Gasteiger partial charge in [-0.2, -0.15) is 0 Å². The molecule has 0 amide bonds. The first-order chi connectivity index (χ1) is 11.2. The molecule has 0 saturated carbocycles. The van der Waals surface area contributed by atoms with Gasteiger partial charge in [0.2, 0.25) is 5.43 Å². The first-order valence-electron chi connectivity index (χ1n) is 7.28. The molecule has 5 aromatic rings. The zero-order chi connectivity index (χ0) is 15.6. The zero-order valence-electron chi connectivity index (χ0n) is 11.9. The average molecular weight is 303 g/mol. The molecule has 0 bridgehead atoms. The Morgan fingerprint density at radius 3 is 2.57 bits per heavy atom. The molecule has 0 radical (unpaired) electrons. The molecular weight excluding hydrogens is 293 g/mol. The highest BCUT2D eigenvalue weighted by atomic mass is 19.1. The standard InChI is InChI=1S/C19H10FNO2/c20-13-8-12-10-5-3-7-17-18(10)19(21-14(12)9-15(13)22)11-4-1-2-6-16(11)23-17/h1-9,21H. The number of halogens is 1. The molecule has 1 N–H and O–H groups in total. The van der Waals surface area contributed by atoms with Crippen LogP contribution in [0.5, 0.6) is 0 Å². The first-order valence-corrected chi connectivity index (χ1v) is 7.28. The van der Waals surface area contributed by atoms with Crippen molar-refractivity contribution in [2.24, 2.45) is 0 Å². The fourth-order valence-corrected chi connectivity index (χ4v) is 3.26. The lowest BCUT2D eigenvalue weighted by molar-refractivity contribution is 0.619. The fourth-order valence-electron chi connectivity index (χ4n) is 3.26. The van der Waals surface area contributed by atoms with Crippen LogP contribution in [-0.4, -0.2) is 4.98 Å². The van der Waals surface area contributed by atoms with Crippen LogP contribution in [0, 0.1) is 5.82 Å². The van der Waals surface area contributed by atoms with E-state index in [0.29, 0.717) is 10.9 Å². The van der Waals surface area contributed by atoms with Crippen LogP contribution in [0.4, 0.5) is 4.39 Å². The molecule has 110 valence electrons. The molecule has 3 nitrogen and oxygen atoms in total. The number of benzene rings is 3. The van der Waals surface area contributed by atoms with Crippen LogP contribution >= 0.6 is 0 Å². The molecule has 0 aliphatic rings. The molecule has 23 heavy (non-hydrogen) atoms. The molecule has 5 rings (SSSR count). The highest BCUT2D eigenvalue weighted by Crippen LogP contribution is 2.35. The Bertz CT molecular complexity index is 1300. The van der Waals surface area contributed by atoms with Crippen LogP contribution in [0.15, 0.2) is 63.8 Å². The third-order valence-corrected chi connectivity index (χ3v) is 4.27. The molecule has 0 saturated heterocycles. The zero-order valence-corrected chi connectivity index (χ0v) is 11.9. The van der Waals surface area contributed by atoms with Crippen LogP contribution in [0.1, 0.15) is 0 Å². The van der Waals surface area contributed by atoms with Crippen molar-refractivity contribution in [3.8, 4) is 0 Å². The summed E-state index contributed by atoms with van der Waals surface area (Å²) in [5.74, 6) is -0.747. The van der Waals surface area contributed by atoms with E-state index in [1.807, 2.05) is 42.5 Å². The van der Waals surface area contributed by atoms with Crippen molar-refractivity contribution in [1.82, 2.24) is 4.98 Å². The second kappa shape index (κ2) is 4.20. The molecule has 0 spiro atoms. The summed E-state index contributed by atoms with van der Waals surface area (Å²) in [4.78, 5) is 15.0. The number of pyridine rings is 1. The van der Waals surface area contributed by atoms with E-state index in [9.17, 15) is 9.18 Å². The van der Waals surface area contributed by atoms with E-state index in [2.05, 4.69) is 4.98 Å². The number of H-pyrrole nitrogens is 1. The topological polar surface area (TPSA) is 46.0 Å². The summed E-state index contributed by atoms with van der Waals surface area (Å²) in [5.41, 5.74) is 2.37. The summed E-state index contributed by atoms with van der Waals surface area (Å²) in [6.07, 6.45) is 0. The highest BCUT2D eigenvalue weighted by molar-refractivity contribution is 6.22. The molecule has 0 atom stereocenters. The molecule has 0 aliphatic heterocycles. The summed E-state index contributed by atoms with van der Waals surface area (Å²) in [6.45, 7) is 0. The minimum atomic E-state index is -0.747. The van der Waals surface area contributed by atoms with E-state index in [4.69, 9.17) is 4.42 Å². The van der Waals surface area contributed by atoms with Gasteiger partial charge >= 0.3 is 0 Å². The van der Waals surface area contributed by atoms with Crippen molar-refractivity contribution in [2.45, 2.75) is 0 Å². The van der Waals surface area contributed by atoms with Crippen molar-refractivity contribution < 1.29 is 8.81 Å². The second-order valence-corrected chi connectivity index (χ2v) is 5.61. The molecule has 0 aliphatic carbocycles. The number of hydrogen-bond donors (Lipinski definition) is 1. The summed E-state index contributed by atoms with van der Waals surface area (Å²) in [6, 6.07) is 16.0. The van der Waals surface area contributed by atoms with E-state index in [-0.39, 0.29) is 0 Å². The quantitative estimate of drug-likeness (QED) is 0.332. The minimum absolute atomic E-state index is 0.614. The van der Waals surface area contributed by atoms with Crippen LogP contribution in [0.2, 0.25) is 0 Å². The van der Waals surface area contributed by atoms with Gasteiger partial charge in [-0.1, -0.05) is 24.3 Å². The predicted octanol–water partition coefficient (Wildman–Crippen LogP) is 4.72. The maximum Gasteiger partial charge on any atom is 0.216 e. The molecule has 0 unspecified atom stereocenters. The first kappa shape index (κ1) is 12.4. The Labute approximate surface area is 128 Å². The van der Waals surface area contributed by atoms with Gasteiger partial charge in [-0.05, 0) is 29.7 Å². The Balaban J connectivity index is 2.19. The van der Waals surface area contributed by atoms with Crippen molar-refractivity contribution in [2.75, 3.05) is 0 Å². The monoisotopic (exact) mass is 303 g/mol. The lowest BCUT2D eigenvalue weighted by Gasteiger charge is -2.11. The van der Waals surface area contributed by atoms with Gasteiger partial charge < -0.3 is 9.40 Å². The predicted molar refractivity (Wildman–Crippen MR) is 89.3 cm³/mol. The van der Waals surface area contributed by atoms with Gasteiger partial charge in [0.25, 0.3) is 0 Å². The maximum atomic E-state index is 13.8. The molecule has 0 fully saturated rings. The van der Waals surface area contributed by atoms with E-state index < -0.39 is 11.2 Å². The van der Waals surface area contributed by atoms with Crippen LogP contribution in [0.25, 0.3) is 43.7 Å². The lowest BCUT2D eigenvalue weighted by atomic mass is 10.0. The number of nitrogens with one attached hydrogen (secondary N) is 1. The third kappa shape index (κ3) is 1.60. The van der Waals surface area contributed by atoms with Crippen LogP contribution < -0.4 is 5.43 Å². The summed E-state index contributed by atoms with van der Waals surface area (Å²) >= 11 is 0. The van der Waals surface area contributed by atoms with E-state index in [1.165, 1.54) is 12.1 Å². The SMILES string of the molecule is O=c1cc2[nH]c3c4ccccc4oc4cccc(c2cc1F)c43. The van der Waals surface area contributed by atoms with Gasteiger partial charge in [0.05, 0.1) is 11.0 Å². The van der Waals surface area contributed by atoms with Crippen molar-refractivity contribution >= 4 is 43.7 Å². The van der Waals surface area contributed by atoms with Crippen LogP contribution in [-0.2, 0) is 0 Å². The highest BCUT2D eigenvalue weighted by Gasteiger charge is 2.13. The number of hydrogen-bond acceptors (Lipinski definition) is 2. The molecular formula is C19H10FNO2. The maximum absolute atomic E-state index is 13.8. The molecule has 3 aromatic carbocycles. The van der Waals surface area contributed by atoms with Gasteiger partial charge in [0.1, 0.15) is 11.2 Å². The Kier molecular flexibility index (Phi) is 2.26. The third-order valence-electron chi connectivity index (χ3n) is 4.27. The number of para-hydroxylation sites is 1. The molecule has 4 heteroatoms. The van der Waals surface area contributed by atoms with Gasteiger partial charge in [0.15, 0.2) is 5.82 Å². The number of aromatic amines is 1. The fraction of sp³-hybridized carbons (Fsp3) is 0. The summed E-state index contributed by atoms with van der Waals surface area (Å²) < 4.78 is 19.7. The van der Waals surface area contributed by atoms with E-state index in [1.54, 1.807) is 0 Å². The largest absolute Gasteiger partial charge is 0.456 e. The van der Waals surface area contributed by atoms with Gasteiger partial charge in [0, 0.05) is 22.2 Å². The normalized spacial score (nSPS) is 11.9. The lowest BCUT2D eigenvalue weighted by Crippen LogP contribution is -2.04. The summed E-state index contributed by atoms with van der Waals surface area (Å²) in [5, 5.41) is 3.36. The smallest absolute Gasteiger partial charge is 0.216 e. The Hall–Kier alpha value is -3.14. The Morgan fingerprint density at radius 2 is 1.65 bits per heavy atom. The number of fused-ring (bicyclic) bond motifs is 4. The number of rotatable bonds is 0. The van der Waals surface area contributed by atoms with Crippen molar-refractivity contribution in [1.29, 1.82) is 0 Å². The molecule has 2 aromatic heterocycles. The van der Waals surface area contributed by atoms with Gasteiger partial charge in [-0.15, -0.1) is 0 Å². The second-order valence-electron chi connectivity index (χ2n) is 5.61. The van der Waals surface area contributed by atoms with Crippen molar-refractivity contribution in [3.63, 3.8) is 0 Å². The number of aromatic nitrogens is 1. The van der Waals surface area contributed by atoms with Crippen molar-refractivity contribution in [3.05, 3.63) is 70.6 Å². The van der Waals surface area contributed by atoms with E-state index >= 15 is 0 Å². The minimum Gasteiger partial charge on any atom is -0.456 e.